The third-order valence-corrected chi connectivity index (χ3v) is 4.35. The minimum atomic E-state index is -0.470. The van der Waals surface area contributed by atoms with Crippen LogP contribution in [0.3, 0.4) is 0 Å². The minimum Gasteiger partial charge on any atom is -0.455 e. The summed E-state index contributed by atoms with van der Waals surface area (Å²) in [7, 11) is 0. The highest BCUT2D eigenvalue weighted by Gasteiger charge is 2.35. The second-order valence-corrected chi connectivity index (χ2v) is 6.43. The smallest absolute Gasteiger partial charge is 0.311 e. The van der Waals surface area contributed by atoms with Crippen LogP contribution in [-0.4, -0.2) is 48.4 Å². The number of esters is 1. The normalized spacial score (nSPS) is 20.1. The van der Waals surface area contributed by atoms with Crippen molar-refractivity contribution in [1.29, 1.82) is 0 Å². The van der Waals surface area contributed by atoms with Crippen LogP contribution in [0.5, 0.6) is 0 Å². The van der Waals surface area contributed by atoms with Gasteiger partial charge in [-0.25, -0.2) is 0 Å². The number of rotatable bonds is 7. The van der Waals surface area contributed by atoms with Crippen LogP contribution in [0.1, 0.15) is 24.8 Å². The van der Waals surface area contributed by atoms with E-state index >= 15 is 0 Å². The molecule has 3 rings (SSSR count). The first-order chi connectivity index (χ1) is 11.6. The first kappa shape index (κ1) is 16.5. The Hall–Kier alpha value is -2.37. The number of amides is 2. The Balaban J connectivity index is 1.41. The van der Waals surface area contributed by atoms with E-state index in [-0.39, 0.29) is 30.9 Å². The van der Waals surface area contributed by atoms with E-state index in [2.05, 4.69) is 5.32 Å². The van der Waals surface area contributed by atoms with Crippen LogP contribution in [0.25, 0.3) is 0 Å². The van der Waals surface area contributed by atoms with Crippen LogP contribution in [0.4, 0.5) is 0 Å². The fourth-order valence-corrected chi connectivity index (χ4v) is 2.81. The standard InChI is InChI=1S/C18H22N2O4/c21-16(19-15-6-7-15)12-24-18(23)14-10-17(22)20(11-14)9-8-13-4-2-1-3-5-13/h1-5,14-15H,6-12H2,(H,19,21). The summed E-state index contributed by atoms with van der Waals surface area (Å²) in [6, 6.07) is 10.2. The number of nitrogens with zero attached hydrogens (tertiary/aromatic N) is 1. The summed E-state index contributed by atoms with van der Waals surface area (Å²) < 4.78 is 5.05. The third-order valence-electron chi connectivity index (χ3n) is 4.35. The molecule has 0 spiro atoms. The average Bonchev–Trinajstić information content (AvgIpc) is 3.32. The van der Waals surface area contributed by atoms with Crippen molar-refractivity contribution in [3.8, 4) is 0 Å². The van der Waals surface area contributed by atoms with E-state index < -0.39 is 11.9 Å². The predicted octanol–water partition coefficient (Wildman–Crippen LogP) is 0.899. The average molecular weight is 330 g/mol. The number of nitrogens with one attached hydrogen (secondary N) is 1. The summed E-state index contributed by atoms with van der Waals surface area (Å²) >= 11 is 0. The predicted molar refractivity (Wildman–Crippen MR) is 87.0 cm³/mol. The van der Waals surface area contributed by atoms with E-state index in [1.165, 1.54) is 0 Å². The summed E-state index contributed by atoms with van der Waals surface area (Å²) in [5, 5.41) is 2.76. The maximum Gasteiger partial charge on any atom is 0.311 e. The fraction of sp³-hybridized carbons (Fsp3) is 0.500. The Morgan fingerprint density at radius 1 is 1.21 bits per heavy atom. The second-order valence-electron chi connectivity index (χ2n) is 6.43. The highest BCUT2D eigenvalue weighted by Crippen LogP contribution is 2.20. The van der Waals surface area contributed by atoms with Gasteiger partial charge in [0.1, 0.15) is 0 Å². The summed E-state index contributed by atoms with van der Waals surface area (Å²) in [6.45, 7) is 0.702. The molecule has 2 aliphatic rings. The number of carbonyl (C=O) groups excluding carboxylic acids is 3. The lowest BCUT2D eigenvalue weighted by molar-refractivity contribution is -0.152. The molecule has 1 atom stereocenters. The summed E-state index contributed by atoms with van der Waals surface area (Å²) in [5.74, 6) is -1.23. The number of hydrogen-bond acceptors (Lipinski definition) is 4. The van der Waals surface area contributed by atoms with Crippen molar-refractivity contribution in [2.45, 2.75) is 31.7 Å². The van der Waals surface area contributed by atoms with E-state index in [9.17, 15) is 14.4 Å². The lowest BCUT2D eigenvalue weighted by Crippen LogP contribution is -2.32. The van der Waals surface area contributed by atoms with Gasteiger partial charge in [0.2, 0.25) is 5.91 Å². The molecule has 1 unspecified atom stereocenters. The highest BCUT2D eigenvalue weighted by molar-refractivity contribution is 5.88. The van der Waals surface area contributed by atoms with Gasteiger partial charge in [-0.3, -0.25) is 14.4 Å². The number of benzene rings is 1. The van der Waals surface area contributed by atoms with Crippen molar-refractivity contribution in [2.75, 3.05) is 19.7 Å². The molecule has 0 radical (unpaired) electrons. The van der Waals surface area contributed by atoms with Crippen LogP contribution in [0.15, 0.2) is 30.3 Å². The molecule has 6 nitrogen and oxygen atoms in total. The zero-order chi connectivity index (χ0) is 16.9. The quantitative estimate of drug-likeness (QED) is 0.754. The molecule has 1 aliphatic carbocycles. The van der Waals surface area contributed by atoms with Crippen molar-refractivity contribution >= 4 is 17.8 Å². The zero-order valence-corrected chi connectivity index (χ0v) is 13.6. The van der Waals surface area contributed by atoms with Crippen LogP contribution < -0.4 is 5.32 Å². The number of carbonyl (C=O) groups is 3. The zero-order valence-electron chi connectivity index (χ0n) is 13.6. The van der Waals surface area contributed by atoms with Crippen LogP contribution >= 0.6 is 0 Å². The maximum absolute atomic E-state index is 12.0. The Morgan fingerprint density at radius 3 is 2.67 bits per heavy atom. The van der Waals surface area contributed by atoms with Crippen LogP contribution in [0, 0.1) is 5.92 Å². The van der Waals surface area contributed by atoms with Gasteiger partial charge in [0.15, 0.2) is 6.61 Å². The van der Waals surface area contributed by atoms with Gasteiger partial charge in [-0.15, -0.1) is 0 Å². The third kappa shape index (κ3) is 4.57. The van der Waals surface area contributed by atoms with Gasteiger partial charge in [-0.05, 0) is 24.8 Å². The van der Waals surface area contributed by atoms with Crippen molar-refractivity contribution in [3.63, 3.8) is 0 Å². The molecule has 1 aromatic carbocycles. The van der Waals surface area contributed by atoms with Gasteiger partial charge in [-0.1, -0.05) is 30.3 Å². The SMILES string of the molecule is O=C(COC(=O)C1CC(=O)N(CCc2ccccc2)C1)NC1CC1. The van der Waals surface area contributed by atoms with Gasteiger partial charge in [-0.2, -0.15) is 0 Å². The maximum atomic E-state index is 12.0. The van der Waals surface area contributed by atoms with Gasteiger partial charge >= 0.3 is 5.97 Å². The van der Waals surface area contributed by atoms with Crippen molar-refractivity contribution in [1.82, 2.24) is 10.2 Å². The molecule has 1 heterocycles. The van der Waals surface area contributed by atoms with Gasteiger partial charge in [0.05, 0.1) is 5.92 Å². The minimum absolute atomic E-state index is 0.0321. The molecule has 1 aliphatic heterocycles. The summed E-state index contributed by atoms with van der Waals surface area (Å²) in [4.78, 5) is 37.3. The van der Waals surface area contributed by atoms with Gasteiger partial charge < -0.3 is 15.0 Å². The molecule has 1 N–H and O–H groups in total. The van der Waals surface area contributed by atoms with Crippen molar-refractivity contribution in [2.24, 2.45) is 5.92 Å². The van der Waals surface area contributed by atoms with E-state index in [4.69, 9.17) is 4.74 Å². The molecular formula is C18H22N2O4. The molecule has 1 aromatic rings. The van der Waals surface area contributed by atoms with E-state index in [1.54, 1.807) is 4.90 Å². The summed E-state index contributed by atoms with van der Waals surface area (Å²) in [6.07, 6.45) is 2.91. The largest absolute Gasteiger partial charge is 0.455 e. The molecular weight excluding hydrogens is 308 g/mol. The topological polar surface area (TPSA) is 75.7 Å². The molecule has 1 saturated heterocycles. The molecule has 24 heavy (non-hydrogen) atoms. The van der Waals surface area contributed by atoms with Gasteiger partial charge in [0, 0.05) is 25.6 Å². The van der Waals surface area contributed by atoms with Crippen LogP contribution in [-0.2, 0) is 25.5 Å². The molecule has 0 bridgehead atoms. The molecule has 2 fully saturated rings. The number of hydrogen-bond donors (Lipinski definition) is 1. The first-order valence-corrected chi connectivity index (χ1v) is 8.39. The van der Waals surface area contributed by atoms with E-state index in [1.807, 2.05) is 30.3 Å². The fourth-order valence-electron chi connectivity index (χ4n) is 2.81. The number of likely N-dealkylation sites (tertiary alicyclic amines) is 1. The lowest BCUT2D eigenvalue weighted by Gasteiger charge is -2.16. The second kappa shape index (κ2) is 7.47. The highest BCUT2D eigenvalue weighted by atomic mass is 16.5. The molecule has 2 amide bonds. The molecule has 128 valence electrons. The van der Waals surface area contributed by atoms with Gasteiger partial charge in [0.25, 0.3) is 5.91 Å². The lowest BCUT2D eigenvalue weighted by atomic mass is 10.1. The van der Waals surface area contributed by atoms with Crippen molar-refractivity contribution < 1.29 is 19.1 Å². The Bertz CT molecular complexity index is 613. The monoisotopic (exact) mass is 330 g/mol. The van der Waals surface area contributed by atoms with Crippen LogP contribution in [0.2, 0.25) is 0 Å². The van der Waals surface area contributed by atoms with E-state index in [0.29, 0.717) is 13.1 Å². The molecule has 6 heteroatoms. The van der Waals surface area contributed by atoms with Crippen molar-refractivity contribution in [3.05, 3.63) is 35.9 Å². The summed E-state index contributed by atoms with van der Waals surface area (Å²) in [5.41, 5.74) is 1.16. The Labute approximate surface area is 141 Å². The molecule has 1 saturated carbocycles. The first-order valence-electron chi connectivity index (χ1n) is 8.39. The van der Waals surface area contributed by atoms with E-state index in [0.717, 1.165) is 24.8 Å². The Kier molecular flexibility index (Phi) is 5.13. The number of ether oxygens (including phenoxy) is 1. The Morgan fingerprint density at radius 2 is 1.96 bits per heavy atom. The molecule has 0 aromatic heterocycles.